The van der Waals surface area contributed by atoms with E-state index in [9.17, 15) is 9.59 Å². The van der Waals surface area contributed by atoms with Gasteiger partial charge in [0.15, 0.2) is 0 Å². The molecule has 0 aliphatic carbocycles. The zero-order valence-corrected chi connectivity index (χ0v) is 15.6. The normalized spacial score (nSPS) is 10.4. The first-order valence-electron chi connectivity index (χ1n) is 8.65. The van der Waals surface area contributed by atoms with Crippen molar-refractivity contribution in [3.05, 3.63) is 76.7 Å². The van der Waals surface area contributed by atoms with Crippen LogP contribution in [0.15, 0.2) is 65.6 Å². The minimum atomic E-state index is -0.200. The van der Waals surface area contributed by atoms with E-state index in [0.717, 1.165) is 16.7 Å². The number of methoxy groups -OCH3 is 1. The molecule has 144 valence electrons. The standard InChI is InChI=1S/C21H21N3O4/c1-14(25)22-18-7-9-21(26)24(13-18)12-15-6-8-20(28-2)19(10-15)16-4-3-5-17(11-16)23-27/h3-11,13,23,27H,12H2,1-2H3,(H,22,25). The summed E-state index contributed by atoms with van der Waals surface area (Å²) in [5.41, 5.74) is 5.67. The highest BCUT2D eigenvalue weighted by Gasteiger charge is 2.09. The molecule has 0 radical (unpaired) electrons. The molecular weight excluding hydrogens is 358 g/mol. The molecule has 0 unspecified atom stereocenters. The molecule has 0 saturated heterocycles. The Balaban J connectivity index is 1.98. The Morgan fingerprint density at radius 2 is 1.93 bits per heavy atom. The molecule has 1 aromatic heterocycles. The molecule has 7 nitrogen and oxygen atoms in total. The summed E-state index contributed by atoms with van der Waals surface area (Å²) in [5, 5.41) is 11.8. The van der Waals surface area contributed by atoms with Gasteiger partial charge in [0.2, 0.25) is 5.91 Å². The van der Waals surface area contributed by atoms with Gasteiger partial charge in [-0.1, -0.05) is 18.2 Å². The fourth-order valence-electron chi connectivity index (χ4n) is 2.96. The van der Waals surface area contributed by atoms with E-state index in [2.05, 4.69) is 10.8 Å². The number of anilines is 2. The van der Waals surface area contributed by atoms with Crippen LogP contribution in [0.25, 0.3) is 11.1 Å². The van der Waals surface area contributed by atoms with Crippen LogP contribution in [0.1, 0.15) is 12.5 Å². The number of nitrogens with zero attached hydrogens (tertiary/aromatic N) is 1. The number of carbonyl (C=O) groups excluding carboxylic acids is 1. The van der Waals surface area contributed by atoms with Crippen LogP contribution in [-0.4, -0.2) is 22.8 Å². The van der Waals surface area contributed by atoms with Crippen molar-refractivity contribution >= 4 is 17.3 Å². The first-order valence-corrected chi connectivity index (χ1v) is 8.65. The summed E-state index contributed by atoms with van der Waals surface area (Å²) in [4.78, 5) is 23.5. The SMILES string of the molecule is COc1ccc(Cn2cc(NC(C)=O)ccc2=O)cc1-c1cccc(NO)c1. The van der Waals surface area contributed by atoms with Crippen LogP contribution in [0, 0.1) is 0 Å². The topological polar surface area (TPSA) is 92.6 Å². The molecule has 0 spiro atoms. The van der Waals surface area contributed by atoms with Crippen LogP contribution in [0.4, 0.5) is 11.4 Å². The smallest absolute Gasteiger partial charge is 0.250 e. The van der Waals surface area contributed by atoms with Crippen LogP contribution in [0.2, 0.25) is 0 Å². The molecule has 3 aromatic rings. The highest BCUT2D eigenvalue weighted by Crippen LogP contribution is 2.32. The van der Waals surface area contributed by atoms with E-state index < -0.39 is 0 Å². The summed E-state index contributed by atoms with van der Waals surface area (Å²) in [6.45, 7) is 1.75. The van der Waals surface area contributed by atoms with E-state index >= 15 is 0 Å². The largest absolute Gasteiger partial charge is 0.496 e. The van der Waals surface area contributed by atoms with Crippen molar-refractivity contribution in [3.63, 3.8) is 0 Å². The monoisotopic (exact) mass is 379 g/mol. The van der Waals surface area contributed by atoms with Gasteiger partial charge in [-0.3, -0.25) is 20.3 Å². The quantitative estimate of drug-likeness (QED) is 0.571. The molecule has 3 rings (SSSR count). The zero-order valence-electron chi connectivity index (χ0n) is 15.6. The van der Waals surface area contributed by atoms with Gasteiger partial charge in [0.1, 0.15) is 5.75 Å². The lowest BCUT2D eigenvalue weighted by molar-refractivity contribution is -0.114. The van der Waals surface area contributed by atoms with Crippen LogP contribution in [0.5, 0.6) is 5.75 Å². The number of carbonyl (C=O) groups is 1. The average Bonchev–Trinajstić information content (AvgIpc) is 2.70. The molecule has 0 fully saturated rings. The van der Waals surface area contributed by atoms with E-state index in [-0.39, 0.29) is 11.5 Å². The number of pyridine rings is 1. The highest BCUT2D eigenvalue weighted by atomic mass is 16.5. The summed E-state index contributed by atoms with van der Waals surface area (Å²) < 4.78 is 7.00. The Labute approximate surface area is 162 Å². The van der Waals surface area contributed by atoms with Gasteiger partial charge < -0.3 is 14.6 Å². The second-order valence-corrected chi connectivity index (χ2v) is 6.29. The van der Waals surface area contributed by atoms with Crippen molar-refractivity contribution in [2.45, 2.75) is 13.5 Å². The molecule has 0 atom stereocenters. The van der Waals surface area contributed by atoms with Crippen molar-refractivity contribution in [2.24, 2.45) is 0 Å². The maximum Gasteiger partial charge on any atom is 0.250 e. The number of rotatable bonds is 6. The first-order chi connectivity index (χ1) is 13.5. The molecule has 0 bridgehead atoms. The number of hydrogen-bond acceptors (Lipinski definition) is 5. The minimum absolute atomic E-state index is 0.169. The maximum absolute atomic E-state index is 12.2. The van der Waals surface area contributed by atoms with Gasteiger partial charge in [-0.25, -0.2) is 0 Å². The number of hydrogen-bond donors (Lipinski definition) is 3. The van der Waals surface area contributed by atoms with E-state index in [1.165, 1.54) is 17.6 Å². The third-order valence-corrected chi connectivity index (χ3v) is 4.22. The Kier molecular flexibility index (Phi) is 5.76. The number of ether oxygens (including phenoxy) is 1. The Morgan fingerprint density at radius 3 is 2.64 bits per heavy atom. The molecule has 7 heteroatoms. The Morgan fingerprint density at radius 1 is 1.11 bits per heavy atom. The summed E-state index contributed by atoms with van der Waals surface area (Å²) in [5.74, 6) is 0.479. The van der Waals surface area contributed by atoms with Gasteiger partial charge in [-0.2, -0.15) is 0 Å². The molecule has 1 amide bonds. The molecule has 3 N–H and O–H groups in total. The van der Waals surface area contributed by atoms with Crippen molar-refractivity contribution in [3.8, 4) is 16.9 Å². The van der Waals surface area contributed by atoms with E-state index in [1.807, 2.05) is 30.3 Å². The molecular formula is C21H21N3O4. The summed E-state index contributed by atoms with van der Waals surface area (Å²) in [6, 6.07) is 15.9. The van der Waals surface area contributed by atoms with Gasteiger partial charge in [0.05, 0.1) is 25.0 Å². The van der Waals surface area contributed by atoms with Crippen LogP contribution in [0.3, 0.4) is 0 Å². The van der Waals surface area contributed by atoms with Crippen molar-refractivity contribution in [2.75, 3.05) is 17.9 Å². The fourth-order valence-corrected chi connectivity index (χ4v) is 2.96. The molecule has 1 heterocycles. The van der Waals surface area contributed by atoms with E-state index in [1.54, 1.807) is 31.5 Å². The van der Waals surface area contributed by atoms with Gasteiger partial charge in [-0.05, 0) is 41.5 Å². The molecule has 28 heavy (non-hydrogen) atoms. The first kappa shape index (κ1) is 19.2. The highest BCUT2D eigenvalue weighted by molar-refractivity contribution is 5.88. The van der Waals surface area contributed by atoms with Gasteiger partial charge in [0, 0.05) is 24.8 Å². The Hall–Kier alpha value is -3.58. The number of aromatic nitrogens is 1. The lowest BCUT2D eigenvalue weighted by Crippen LogP contribution is -2.20. The second kappa shape index (κ2) is 8.41. The maximum atomic E-state index is 12.2. The van der Waals surface area contributed by atoms with Crippen molar-refractivity contribution < 1.29 is 14.7 Å². The third-order valence-electron chi connectivity index (χ3n) is 4.22. The van der Waals surface area contributed by atoms with E-state index in [4.69, 9.17) is 9.94 Å². The van der Waals surface area contributed by atoms with Crippen LogP contribution >= 0.6 is 0 Å². The fraction of sp³-hybridized carbons (Fsp3) is 0.143. The molecule has 2 aromatic carbocycles. The van der Waals surface area contributed by atoms with Crippen molar-refractivity contribution in [1.29, 1.82) is 0 Å². The van der Waals surface area contributed by atoms with Crippen LogP contribution in [-0.2, 0) is 11.3 Å². The minimum Gasteiger partial charge on any atom is -0.496 e. The summed E-state index contributed by atoms with van der Waals surface area (Å²) in [6.07, 6.45) is 1.62. The lowest BCUT2D eigenvalue weighted by atomic mass is 10.0. The second-order valence-electron chi connectivity index (χ2n) is 6.29. The number of benzene rings is 2. The summed E-state index contributed by atoms with van der Waals surface area (Å²) in [7, 11) is 1.59. The number of amides is 1. The Bertz CT molecular complexity index is 1060. The van der Waals surface area contributed by atoms with Crippen LogP contribution < -0.4 is 21.1 Å². The molecule has 0 aliphatic heterocycles. The predicted molar refractivity (Wildman–Crippen MR) is 108 cm³/mol. The molecule has 0 saturated carbocycles. The lowest BCUT2D eigenvalue weighted by Gasteiger charge is -2.13. The van der Waals surface area contributed by atoms with E-state index in [0.29, 0.717) is 23.7 Å². The third kappa shape index (κ3) is 4.39. The zero-order chi connectivity index (χ0) is 20.1. The average molecular weight is 379 g/mol. The van der Waals surface area contributed by atoms with Gasteiger partial charge in [0.25, 0.3) is 5.56 Å². The summed E-state index contributed by atoms with van der Waals surface area (Å²) >= 11 is 0. The predicted octanol–water partition coefficient (Wildman–Crippen LogP) is 3.33. The van der Waals surface area contributed by atoms with Crippen molar-refractivity contribution in [1.82, 2.24) is 4.57 Å². The molecule has 0 aliphatic rings. The van der Waals surface area contributed by atoms with Gasteiger partial charge in [-0.15, -0.1) is 0 Å². The van der Waals surface area contributed by atoms with Gasteiger partial charge >= 0.3 is 0 Å². The number of nitrogens with one attached hydrogen (secondary N) is 2.